The molecule has 9 nitrogen and oxygen atoms in total. The zero-order chi connectivity index (χ0) is 26.9. The van der Waals surface area contributed by atoms with E-state index in [4.69, 9.17) is 18.9 Å². The fraction of sp³-hybridized carbons (Fsp3) is 0.222. The second kappa shape index (κ2) is 10.2. The molecule has 1 unspecified atom stereocenters. The molecule has 2 amide bonds. The van der Waals surface area contributed by atoms with Crippen molar-refractivity contribution < 1.29 is 37.7 Å². The second-order valence-electron chi connectivity index (χ2n) is 8.11. The minimum absolute atomic E-state index is 0.0953. The van der Waals surface area contributed by atoms with Crippen molar-refractivity contribution >= 4 is 34.7 Å². The molecule has 4 rings (SSSR count). The molecule has 0 fully saturated rings. The highest BCUT2D eigenvalue weighted by Gasteiger charge is 2.46. The van der Waals surface area contributed by atoms with Crippen LogP contribution in [0.4, 0.5) is 21.5 Å². The molecular formula is C27H25FN2O7. The van der Waals surface area contributed by atoms with Gasteiger partial charge in [-0.15, -0.1) is 0 Å². The van der Waals surface area contributed by atoms with E-state index in [-0.39, 0.29) is 17.0 Å². The summed E-state index contributed by atoms with van der Waals surface area (Å²) in [4.78, 5) is 43.5. The van der Waals surface area contributed by atoms with E-state index in [1.54, 1.807) is 18.2 Å². The van der Waals surface area contributed by atoms with Gasteiger partial charge in [-0.3, -0.25) is 19.3 Å². The Hall–Kier alpha value is -4.60. The van der Waals surface area contributed by atoms with Crippen molar-refractivity contribution in [2.75, 3.05) is 45.3 Å². The minimum Gasteiger partial charge on any atom is -0.493 e. The monoisotopic (exact) mass is 508 g/mol. The summed E-state index contributed by atoms with van der Waals surface area (Å²) < 4.78 is 34.9. The molecular weight excluding hydrogens is 483 g/mol. The van der Waals surface area contributed by atoms with E-state index in [1.165, 1.54) is 76.8 Å². The molecule has 3 aromatic rings. The first-order chi connectivity index (χ1) is 17.7. The molecule has 0 radical (unpaired) electrons. The summed E-state index contributed by atoms with van der Waals surface area (Å²) in [7, 11) is 7.20. The van der Waals surface area contributed by atoms with Gasteiger partial charge < -0.3 is 23.8 Å². The van der Waals surface area contributed by atoms with E-state index in [9.17, 15) is 18.8 Å². The Morgan fingerprint density at radius 1 is 0.811 bits per heavy atom. The van der Waals surface area contributed by atoms with Gasteiger partial charge >= 0.3 is 0 Å². The Balaban J connectivity index is 1.89. The number of benzene rings is 3. The number of ether oxygens (including phenoxy) is 4. The van der Waals surface area contributed by atoms with Crippen LogP contribution in [0.3, 0.4) is 0 Å². The van der Waals surface area contributed by atoms with E-state index in [0.717, 1.165) is 4.90 Å². The number of rotatable bonds is 7. The van der Waals surface area contributed by atoms with Crippen LogP contribution >= 0.6 is 0 Å². The first-order valence-electron chi connectivity index (χ1n) is 11.1. The highest BCUT2D eigenvalue weighted by Crippen LogP contribution is 2.44. The van der Waals surface area contributed by atoms with Crippen molar-refractivity contribution in [2.24, 2.45) is 5.92 Å². The molecule has 0 N–H and O–H groups in total. The molecule has 0 bridgehead atoms. The molecule has 10 heteroatoms. The van der Waals surface area contributed by atoms with Gasteiger partial charge in [0.1, 0.15) is 5.82 Å². The Kier molecular flexibility index (Phi) is 7.01. The number of carbonyl (C=O) groups is 3. The van der Waals surface area contributed by atoms with Crippen molar-refractivity contribution in [3.8, 4) is 23.0 Å². The van der Waals surface area contributed by atoms with E-state index in [0.29, 0.717) is 28.6 Å². The lowest BCUT2D eigenvalue weighted by Gasteiger charge is -2.34. The van der Waals surface area contributed by atoms with Gasteiger partial charge in [-0.25, -0.2) is 4.39 Å². The van der Waals surface area contributed by atoms with Gasteiger partial charge in [0.15, 0.2) is 34.7 Å². The van der Waals surface area contributed by atoms with Crippen LogP contribution in [0.15, 0.2) is 54.6 Å². The van der Waals surface area contributed by atoms with Crippen LogP contribution in [0.5, 0.6) is 23.0 Å². The lowest BCUT2D eigenvalue weighted by molar-refractivity contribution is -0.129. The summed E-state index contributed by atoms with van der Waals surface area (Å²) in [5, 5.41) is 0. The van der Waals surface area contributed by atoms with Gasteiger partial charge in [0.2, 0.25) is 5.91 Å². The number of amides is 2. The normalized spacial score (nSPS) is 14.6. The molecule has 0 aliphatic carbocycles. The van der Waals surface area contributed by atoms with E-state index < -0.39 is 29.3 Å². The molecule has 0 aromatic heterocycles. The summed E-state index contributed by atoms with van der Waals surface area (Å²) >= 11 is 0. The van der Waals surface area contributed by atoms with E-state index in [1.807, 2.05) is 0 Å². The fourth-order valence-electron chi connectivity index (χ4n) is 4.20. The number of fused-ring (bicyclic) bond motifs is 1. The van der Waals surface area contributed by atoms with E-state index >= 15 is 0 Å². The van der Waals surface area contributed by atoms with Gasteiger partial charge in [-0.05, 0) is 42.5 Å². The number of methoxy groups -OCH3 is 4. The molecule has 1 aliphatic rings. The van der Waals surface area contributed by atoms with Crippen LogP contribution in [-0.2, 0) is 9.59 Å². The molecule has 1 aliphatic heterocycles. The summed E-state index contributed by atoms with van der Waals surface area (Å²) in [6.07, 6.45) is 0. The van der Waals surface area contributed by atoms with Gasteiger partial charge in [0.25, 0.3) is 5.91 Å². The molecule has 3 aromatic carbocycles. The van der Waals surface area contributed by atoms with E-state index in [2.05, 4.69) is 0 Å². The third-order valence-corrected chi connectivity index (χ3v) is 6.15. The second-order valence-corrected chi connectivity index (χ2v) is 8.11. The van der Waals surface area contributed by atoms with Crippen molar-refractivity contribution in [3.63, 3.8) is 0 Å². The number of hydrogen-bond donors (Lipinski definition) is 0. The Labute approximate surface area is 212 Å². The van der Waals surface area contributed by atoms with Gasteiger partial charge in [0.05, 0.1) is 39.8 Å². The smallest absolute Gasteiger partial charge is 0.252 e. The average Bonchev–Trinajstić information content (AvgIpc) is 2.92. The number of hydrogen-bond acceptors (Lipinski definition) is 7. The molecule has 37 heavy (non-hydrogen) atoms. The predicted octanol–water partition coefficient (Wildman–Crippen LogP) is 4.00. The number of ketones is 1. The lowest BCUT2D eigenvalue weighted by atomic mass is 9.88. The highest BCUT2D eigenvalue weighted by atomic mass is 19.1. The largest absolute Gasteiger partial charge is 0.493 e. The van der Waals surface area contributed by atoms with Gasteiger partial charge in [0, 0.05) is 30.4 Å². The van der Waals surface area contributed by atoms with Crippen LogP contribution in [0.1, 0.15) is 10.4 Å². The SMILES string of the molecule is COc1ccc(N2C(=O)C(C(=O)N(C)c3ccc(F)cc3)C(=O)c3cc(OC)c(OC)cc32)cc1OC. The van der Waals surface area contributed by atoms with Crippen molar-refractivity contribution in [1.29, 1.82) is 0 Å². The third-order valence-electron chi connectivity index (χ3n) is 6.15. The van der Waals surface area contributed by atoms with Crippen LogP contribution in [0.25, 0.3) is 0 Å². The fourth-order valence-corrected chi connectivity index (χ4v) is 4.20. The lowest BCUT2D eigenvalue weighted by Crippen LogP contribution is -2.50. The van der Waals surface area contributed by atoms with Gasteiger partial charge in [-0.1, -0.05) is 0 Å². The predicted molar refractivity (Wildman–Crippen MR) is 134 cm³/mol. The van der Waals surface area contributed by atoms with Crippen LogP contribution < -0.4 is 28.7 Å². The number of Topliss-reactive ketones (excluding diaryl/α,β-unsaturated/α-hetero) is 1. The summed E-state index contributed by atoms with van der Waals surface area (Å²) in [6.45, 7) is 0. The quantitative estimate of drug-likeness (QED) is 0.445. The number of carbonyl (C=O) groups excluding carboxylic acids is 3. The topological polar surface area (TPSA) is 94.6 Å². The molecule has 192 valence electrons. The first kappa shape index (κ1) is 25.5. The number of nitrogens with zero attached hydrogens (tertiary/aromatic N) is 2. The molecule has 0 saturated carbocycles. The Bertz CT molecular complexity index is 1370. The maximum Gasteiger partial charge on any atom is 0.252 e. The van der Waals surface area contributed by atoms with Crippen LogP contribution in [0, 0.1) is 11.7 Å². The highest BCUT2D eigenvalue weighted by molar-refractivity contribution is 6.34. The van der Waals surface area contributed by atoms with Crippen molar-refractivity contribution in [2.45, 2.75) is 0 Å². The van der Waals surface area contributed by atoms with Crippen LogP contribution in [-0.4, -0.2) is 53.1 Å². The third kappa shape index (κ3) is 4.42. The Morgan fingerprint density at radius 3 is 1.97 bits per heavy atom. The average molecular weight is 509 g/mol. The van der Waals surface area contributed by atoms with Crippen LogP contribution in [0.2, 0.25) is 0 Å². The maximum atomic E-state index is 13.9. The maximum absolute atomic E-state index is 13.9. The van der Waals surface area contributed by atoms with Crippen molar-refractivity contribution in [1.82, 2.24) is 0 Å². The molecule has 0 saturated heterocycles. The number of anilines is 3. The molecule has 1 atom stereocenters. The number of halogens is 1. The zero-order valence-corrected chi connectivity index (χ0v) is 20.9. The summed E-state index contributed by atoms with van der Waals surface area (Å²) in [6, 6.07) is 12.9. The standard InChI is InChI=1S/C27H25FN2O7/c1-29(16-8-6-15(28)7-9-16)26(32)24-25(31)18-13-22(36-4)23(37-5)14-19(18)30(27(24)33)17-10-11-20(34-2)21(12-17)35-3/h6-14,24H,1-5H3. The van der Waals surface area contributed by atoms with Crippen molar-refractivity contribution in [3.05, 3.63) is 66.0 Å². The zero-order valence-electron chi connectivity index (χ0n) is 20.9. The van der Waals surface area contributed by atoms with Gasteiger partial charge in [-0.2, -0.15) is 0 Å². The molecule has 0 spiro atoms. The summed E-state index contributed by atoms with van der Waals surface area (Å²) in [5.74, 6) is -3.09. The molecule has 1 heterocycles. The Morgan fingerprint density at radius 2 is 1.38 bits per heavy atom. The summed E-state index contributed by atoms with van der Waals surface area (Å²) in [5.41, 5.74) is 0.972. The first-order valence-corrected chi connectivity index (χ1v) is 11.1. The minimum atomic E-state index is -1.70.